The van der Waals surface area contributed by atoms with Gasteiger partial charge >= 0.3 is 0 Å². The predicted octanol–water partition coefficient (Wildman–Crippen LogP) is 3.27. The van der Waals surface area contributed by atoms with Gasteiger partial charge in [0.2, 0.25) is 0 Å². The Morgan fingerprint density at radius 3 is 1.88 bits per heavy atom. The van der Waals surface area contributed by atoms with E-state index in [0.29, 0.717) is 5.41 Å². The molecule has 16 heavy (non-hydrogen) atoms. The van der Waals surface area contributed by atoms with Gasteiger partial charge in [0, 0.05) is 11.3 Å². The SMILES string of the molecule is CC=O.CCN(C)CC(C)(S)CC(C)(C)C. The zero-order valence-corrected chi connectivity index (χ0v) is 12.9. The topological polar surface area (TPSA) is 20.3 Å². The molecule has 98 valence electrons. The number of hydrogen-bond donors (Lipinski definition) is 1. The van der Waals surface area contributed by atoms with Crippen molar-refractivity contribution >= 4 is 18.9 Å². The largest absolute Gasteiger partial charge is 0.305 e. The summed E-state index contributed by atoms with van der Waals surface area (Å²) in [5.74, 6) is 0. The second-order valence-electron chi connectivity index (χ2n) is 5.80. The van der Waals surface area contributed by atoms with Crippen molar-refractivity contribution in [1.29, 1.82) is 0 Å². The van der Waals surface area contributed by atoms with Crippen LogP contribution in [0.5, 0.6) is 0 Å². The van der Waals surface area contributed by atoms with E-state index >= 15 is 0 Å². The van der Waals surface area contributed by atoms with E-state index in [1.54, 1.807) is 0 Å². The van der Waals surface area contributed by atoms with Crippen molar-refractivity contribution in [3.05, 3.63) is 0 Å². The van der Waals surface area contributed by atoms with Crippen LogP contribution in [0.1, 0.15) is 48.0 Å². The fourth-order valence-electron chi connectivity index (χ4n) is 1.89. The van der Waals surface area contributed by atoms with Gasteiger partial charge < -0.3 is 9.69 Å². The molecule has 1 unspecified atom stereocenters. The summed E-state index contributed by atoms with van der Waals surface area (Å²) in [5, 5.41) is 0. The minimum Gasteiger partial charge on any atom is -0.305 e. The lowest BCUT2D eigenvalue weighted by Gasteiger charge is -2.34. The van der Waals surface area contributed by atoms with Gasteiger partial charge in [0.25, 0.3) is 0 Å². The standard InChI is InChI=1S/C11H25NS.C2H4O/c1-7-12(6)9-11(5,13)8-10(2,3)4;1-2-3/h13H,7-9H2,1-6H3;2H,1H3. The van der Waals surface area contributed by atoms with Gasteiger partial charge in [-0.15, -0.1) is 0 Å². The first-order valence-corrected chi connectivity index (χ1v) is 6.33. The van der Waals surface area contributed by atoms with Gasteiger partial charge in [0.15, 0.2) is 0 Å². The van der Waals surface area contributed by atoms with Crippen molar-refractivity contribution in [2.45, 2.75) is 52.7 Å². The van der Waals surface area contributed by atoms with Crippen LogP contribution in [-0.2, 0) is 4.79 Å². The summed E-state index contributed by atoms with van der Waals surface area (Å²) in [6, 6.07) is 0. The van der Waals surface area contributed by atoms with Crippen molar-refractivity contribution < 1.29 is 4.79 Å². The molecule has 1 atom stereocenters. The molecule has 0 spiro atoms. The number of carbonyl (C=O) groups is 1. The molecule has 0 fully saturated rings. The lowest BCUT2D eigenvalue weighted by molar-refractivity contribution is -0.106. The summed E-state index contributed by atoms with van der Waals surface area (Å²) in [4.78, 5) is 11.1. The van der Waals surface area contributed by atoms with E-state index in [0.717, 1.165) is 25.8 Å². The van der Waals surface area contributed by atoms with Crippen LogP contribution >= 0.6 is 12.6 Å². The summed E-state index contributed by atoms with van der Waals surface area (Å²) in [6.45, 7) is 14.8. The average molecular weight is 247 g/mol. The second-order valence-corrected chi connectivity index (χ2v) is 6.88. The first-order valence-electron chi connectivity index (χ1n) is 5.88. The Morgan fingerprint density at radius 1 is 1.25 bits per heavy atom. The maximum atomic E-state index is 8.81. The number of rotatable bonds is 4. The molecule has 0 aromatic carbocycles. The first-order chi connectivity index (χ1) is 7.08. The number of thiol groups is 1. The molecule has 0 aromatic rings. The van der Waals surface area contributed by atoms with Crippen LogP contribution in [0.2, 0.25) is 0 Å². The monoisotopic (exact) mass is 247 g/mol. The fraction of sp³-hybridized carbons (Fsp3) is 0.923. The molecule has 2 nitrogen and oxygen atoms in total. The third-order valence-electron chi connectivity index (χ3n) is 2.06. The fourth-order valence-corrected chi connectivity index (χ4v) is 2.61. The van der Waals surface area contributed by atoms with Gasteiger partial charge in [-0.05, 0) is 39.3 Å². The van der Waals surface area contributed by atoms with E-state index in [2.05, 4.69) is 46.6 Å². The van der Waals surface area contributed by atoms with Crippen molar-refractivity contribution in [2.75, 3.05) is 20.1 Å². The van der Waals surface area contributed by atoms with Crippen LogP contribution in [0.15, 0.2) is 0 Å². The Bertz CT molecular complexity index is 185. The summed E-state index contributed by atoms with van der Waals surface area (Å²) in [7, 11) is 2.15. The van der Waals surface area contributed by atoms with Gasteiger partial charge in [-0.1, -0.05) is 27.7 Å². The van der Waals surface area contributed by atoms with E-state index in [9.17, 15) is 0 Å². The third-order valence-corrected chi connectivity index (χ3v) is 2.36. The molecule has 0 aromatic heterocycles. The van der Waals surface area contributed by atoms with Crippen molar-refractivity contribution in [3.8, 4) is 0 Å². The number of hydrogen-bond acceptors (Lipinski definition) is 3. The highest BCUT2D eigenvalue weighted by Gasteiger charge is 2.27. The Balaban J connectivity index is 0. The zero-order valence-electron chi connectivity index (χ0n) is 12.0. The van der Waals surface area contributed by atoms with Gasteiger partial charge in [0.05, 0.1) is 0 Å². The predicted molar refractivity (Wildman–Crippen MR) is 76.4 cm³/mol. The smallest absolute Gasteiger partial charge is 0.116 e. The van der Waals surface area contributed by atoms with Gasteiger partial charge in [-0.25, -0.2) is 0 Å². The molecule has 0 aliphatic heterocycles. The number of aldehydes is 1. The average Bonchev–Trinajstić information content (AvgIpc) is 1.99. The van der Waals surface area contributed by atoms with Crippen molar-refractivity contribution in [3.63, 3.8) is 0 Å². The van der Waals surface area contributed by atoms with Crippen LogP contribution in [0.4, 0.5) is 0 Å². The van der Waals surface area contributed by atoms with Crippen LogP contribution in [0, 0.1) is 5.41 Å². The second kappa shape index (κ2) is 8.13. The molecule has 0 radical (unpaired) electrons. The molecule has 0 rings (SSSR count). The zero-order chi connectivity index (χ0) is 13.4. The highest BCUT2D eigenvalue weighted by Crippen LogP contribution is 2.31. The quantitative estimate of drug-likeness (QED) is 0.608. The highest BCUT2D eigenvalue weighted by atomic mass is 32.1. The van der Waals surface area contributed by atoms with Gasteiger partial charge in [-0.3, -0.25) is 0 Å². The lowest BCUT2D eigenvalue weighted by atomic mass is 9.84. The molecule has 0 saturated carbocycles. The molecule has 0 heterocycles. The highest BCUT2D eigenvalue weighted by molar-refractivity contribution is 7.81. The minimum atomic E-state index is 0.128. The van der Waals surface area contributed by atoms with Crippen LogP contribution in [0.25, 0.3) is 0 Å². The van der Waals surface area contributed by atoms with Gasteiger partial charge in [0.1, 0.15) is 6.29 Å². The molecule has 0 aliphatic carbocycles. The van der Waals surface area contributed by atoms with E-state index < -0.39 is 0 Å². The Kier molecular flexibility index (Phi) is 9.32. The Hall–Kier alpha value is -0.0200. The molecule has 0 saturated heterocycles. The van der Waals surface area contributed by atoms with Crippen molar-refractivity contribution in [2.24, 2.45) is 5.41 Å². The third kappa shape index (κ3) is 14.0. The summed E-state index contributed by atoms with van der Waals surface area (Å²) < 4.78 is 0.128. The summed E-state index contributed by atoms with van der Waals surface area (Å²) in [6.07, 6.45) is 1.90. The van der Waals surface area contributed by atoms with E-state index in [4.69, 9.17) is 17.4 Å². The molecule has 0 aliphatic rings. The first kappa shape index (κ1) is 18.3. The van der Waals surface area contributed by atoms with Crippen LogP contribution < -0.4 is 0 Å². The maximum absolute atomic E-state index is 8.81. The maximum Gasteiger partial charge on any atom is 0.116 e. The summed E-state index contributed by atoms with van der Waals surface area (Å²) in [5.41, 5.74) is 0.366. The number of carbonyl (C=O) groups excluding carboxylic acids is 1. The van der Waals surface area contributed by atoms with Gasteiger partial charge in [-0.2, -0.15) is 12.6 Å². The minimum absolute atomic E-state index is 0.128. The molecule has 0 bridgehead atoms. The number of nitrogens with zero attached hydrogens (tertiary/aromatic N) is 1. The Labute approximate surface area is 107 Å². The summed E-state index contributed by atoms with van der Waals surface area (Å²) >= 11 is 4.73. The van der Waals surface area contributed by atoms with E-state index in [1.165, 1.54) is 6.92 Å². The van der Waals surface area contributed by atoms with Crippen LogP contribution in [0.3, 0.4) is 0 Å². The van der Waals surface area contributed by atoms with E-state index in [1.807, 2.05) is 0 Å². The molecule has 3 heteroatoms. The van der Waals surface area contributed by atoms with Crippen molar-refractivity contribution in [1.82, 2.24) is 4.90 Å². The molecule has 0 N–H and O–H groups in total. The van der Waals surface area contributed by atoms with Crippen LogP contribution in [-0.4, -0.2) is 36.1 Å². The van der Waals surface area contributed by atoms with E-state index in [-0.39, 0.29) is 4.75 Å². The lowest BCUT2D eigenvalue weighted by Crippen LogP contribution is -2.37. The molecular formula is C13H29NOS. The Morgan fingerprint density at radius 2 is 1.62 bits per heavy atom. The molecule has 0 amide bonds. The molecular weight excluding hydrogens is 218 g/mol. The normalized spacial score (nSPS) is 15.1.